The van der Waals surface area contributed by atoms with Crippen molar-refractivity contribution in [2.75, 3.05) is 7.11 Å². The second kappa shape index (κ2) is 5.70. The van der Waals surface area contributed by atoms with Crippen molar-refractivity contribution in [1.82, 2.24) is 19.4 Å². The van der Waals surface area contributed by atoms with Crippen molar-refractivity contribution in [3.63, 3.8) is 0 Å². The van der Waals surface area contributed by atoms with E-state index >= 15 is 0 Å². The van der Waals surface area contributed by atoms with Crippen LogP contribution in [0, 0.1) is 20.8 Å². The molecule has 0 saturated carbocycles. The van der Waals surface area contributed by atoms with Gasteiger partial charge in [-0.3, -0.25) is 9.38 Å². The van der Waals surface area contributed by atoms with Crippen LogP contribution in [0.5, 0.6) is 5.75 Å². The van der Waals surface area contributed by atoms with Crippen molar-refractivity contribution in [1.29, 1.82) is 0 Å². The summed E-state index contributed by atoms with van der Waals surface area (Å²) < 4.78 is 7.46. The third kappa shape index (κ3) is 2.35. The van der Waals surface area contributed by atoms with Crippen LogP contribution in [-0.2, 0) is 0 Å². The summed E-state index contributed by atoms with van der Waals surface area (Å²) in [6.45, 7) is 6.03. The first-order chi connectivity index (χ1) is 12.0. The highest BCUT2D eigenvalue weighted by atomic mass is 35.5. The Morgan fingerprint density at radius 2 is 1.84 bits per heavy atom. The number of aryl methyl sites for hydroxylation is 3. The zero-order valence-electron chi connectivity index (χ0n) is 14.5. The third-order valence-corrected chi connectivity index (χ3v) is 4.73. The maximum Gasteiger partial charge on any atom is 0.145 e. The lowest BCUT2D eigenvalue weighted by Gasteiger charge is -2.11. The van der Waals surface area contributed by atoms with Crippen LogP contribution in [-0.4, -0.2) is 26.5 Å². The van der Waals surface area contributed by atoms with Crippen molar-refractivity contribution in [2.24, 2.45) is 0 Å². The fourth-order valence-electron chi connectivity index (χ4n) is 3.28. The van der Waals surface area contributed by atoms with E-state index in [0.29, 0.717) is 10.8 Å². The maximum atomic E-state index is 6.38. The van der Waals surface area contributed by atoms with Gasteiger partial charge in [0.2, 0.25) is 0 Å². The molecule has 0 N–H and O–H groups in total. The Labute approximate surface area is 150 Å². The molecule has 0 aliphatic rings. The minimum atomic E-state index is 0.547. The molecule has 6 heteroatoms. The van der Waals surface area contributed by atoms with Gasteiger partial charge in [0.05, 0.1) is 40.1 Å². The summed E-state index contributed by atoms with van der Waals surface area (Å²) in [5, 5.41) is 0.547. The Morgan fingerprint density at radius 1 is 1.08 bits per heavy atom. The lowest BCUT2D eigenvalue weighted by Crippen LogP contribution is -1.99. The zero-order chi connectivity index (χ0) is 17.7. The number of nitrogens with zero attached hydrogens (tertiary/aromatic N) is 4. The molecule has 3 heterocycles. The number of imidazole rings is 1. The van der Waals surface area contributed by atoms with Gasteiger partial charge in [-0.25, -0.2) is 9.97 Å². The topological polar surface area (TPSA) is 52.3 Å². The van der Waals surface area contributed by atoms with Gasteiger partial charge in [-0.2, -0.15) is 0 Å². The van der Waals surface area contributed by atoms with E-state index in [1.54, 1.807) is 13.3 Å². The molecule has 0 atom stereocenters. The molecule has 0 amide bonds. The molecule has 0 unspecified atom stereocenters. The molecule has 4 rings (SSSR count). The summed E-state index contributed by atoms with van der Waals surface area (Å²) in [7, 11) is 1.60. The molecular weight excluding hydrogens is 336 g/mol. The van der Waals surface area contributed by atoms with E-state index in [9.17, 15) is 0 Å². The van der Waals surface area contributed by atoms with Gasteiger partial charge in [-0.1, -0.05) is 11.6 Å². The minimum Gasteiger partial charge on any atom is -0.495 e. The largest absolute Gasteiger partial charge is 0.495 e. The van der Waals surface area contributed by atoms with Gasteiger partial charge in [0, 0.05) is 24.0 Å². The van der Waals surface area contributed by atoms with Crippen LogP contribution in [0.3, 0.4) is 0 Å². The molecule has 4 aromatic rings. The molecule has 3 aromatic heterocycles. The summed E-state index contributed by atoms with van der Waals surface area (Å²) in [5.41, 5.74) is 6.67. The summed E-state index contributed by atoms with van der Waals surface area (Å²) in [4.78, 5) is 13.7. The summed E-state index contributed by atoms with van der Waals surface area (Å²) in [6.07, 6.45) is 3.63. The normalized spacial score (nSPS) is 11.4. The first-order valence-corrected chi connectivity index (χ1v) is 8.33. The summed E-state index contributed by atoms with van der Waals surface area (Å²) in [6, 6.07) is 5.73. The molecule has 126 valence electrons. The number of pyridine rings is 1. The molecular formula is C19H17ClN4O. The Hall–Kier alpha value is -2.66. The monoisotopic (exact) mass is 352 g/mol. The fourth-order valence-corrected chi connectivity index (χ4v) is 3.52. The molecule has 5 nitrogen and oxygen atoms in total. The zero-order valence-corrected chi connectivity index (χ0v) is 15.2. The smallest absolute Gasteiger partial charge is 0.145 e. The van der Waals surface area contributed by atoms with E-state index in [1.807, 2.05) is 45.2 Å². The number of ether oxygens (including phenoxy) is 1. The molecule has 1 aromatic carbocycles. The fraction of sp³-hybridized carbons (Fsp3) is 0.211. The SMILES string of the molecule is COc1cc2nc(C)c3c(C)nc(-c4ccncc4C)n3c2cc1Cl. The van der Waals surface area contributed by atoms with Crippen LogP contribution in [0.25, 0.3) is 27.9 Å². The number of hydrogen-bond donors (Lipinski definition) is 0. The summed E-state index contributed by atoms with van der Waals surface area (Å²) >= 11 is 6.38. The molecule has 0 spiro atoms. The standard InChI is InChI=1S/C19H17ClN4O/c1-10-9-21-6-5-13(10)19-23-12(3)18-11(2)22-15-8-17(25-4)14(20)7-16(15)24(18)19/h5-9H,1-4H3. The number of fused-ring (bicyclic) bond motifs is 3. The van der Waals surface area contributed by atoms with Crippen molar-refractivity contribution in [3.8, 4) is 17.1 Å². The van der Waals surface area contributed by atoms with Crippen LogP contribution in [0.2, 0.25) is 5.02 Å². The molecule has 0 aliphatic carbocycles. The van der Waals surface area contributed by atoms with E-state index < -0.39 is 0 Å². The third-order valence-electron chi connectivity index (χ3n) is 4.43. The first kappa shape index (κ1) is 15.8. The molecule has 0 radical (unpaired) electrons. The van der Waals surface area contributed by atoms with Gasteiger partial charge in [0.15, 0.2) is 0 Å². The van der Waals surface area contributed by atoms with Crippen LogP contribution < -0.4 is 4.74 Å². The second-order valence-electron chi connectivity index (χ2n) is 6.07. The molecule has 25 heavy (non-hydrogen) atoms. The lowest BCUT2D eigenvalue weighted by atomic mass is 10.1. The predicted octanol–water partition coefficient (Wildman–Crippen LogP) is 4.53. The highest BCUT2D eigenvalue weighted by Gasteiger charge is 2.18. The van der Waals surface area contributed by atoms with Gasteiger partial charge < -0.3 is 4.74 Å². The lowest BCUT2D eigenvalue weighted by molar-refractivity contribution is 0.415. The van der Waals surface area contributed by atoms with Crippen LogP contribution >= 0.6 is 11.6 Å². The van der Waals surface area contributed by atoms with Crippen molar-refractivity contribution < 1.29 is 4.74 Å². The van der Waals surface area contributed by atoms with Gasteiger partial charge in [0.25, 0.3) is 0 Å². The van der Waals surface area contributed by atoms with Gasteiger partial charge >= 0.3 is 0 Å². The highest BCUT2D eigenvalue weighted by Crippen LogP contribution is 2.34. The Morgan fingerprint density at radius 3 is 2.56 bits per heavy atom. The van der Waals surface area contributed by atoms with E-state index in [1.165, 1.54) is 0 Å². The Kier molecular flexibility index (Phi) is 3.62. The van der Waals surface area contributed by atoms with E-state index in [-0.39, 0.29) is 0 Å². The van der Waals surface area contributed by atoms with E-state index in [2.05, 4.69) is 9.38 Å². The van der Waals surface area contributed by atoms with Crippen molar-refractivity contribution in [3.05, 3.63) is 52.6 Å². The number of rotatable bonds is 2. The number of hydrogen-bond acceptors (Lipinski definition) is 4. The predicted molar refractivity (Wildman–Crippen MR) is 99.5 cm³/mol. The average molecular weight is 353 g/mol. The quantitative estimate of drug-likeness (QED) is 0.531. The van der Waals surface area contributed by atoms with Gasteiger partial charge in [0.1, 0.15) is 11.6 Å². The second-order valence-corrected chi connectivity index (χ2v) is 6.48. The Balaban J connectivity index is 2.20. The molecule has 0 fully saturated rings. The average Bonchev–Trinajstić information content (AvgIpc) is 2.94. The molecule has 0 bridgehead atoms. The highest BCUT2D eigenvalue weighted by molar-refractivity contribution is 6.32. The maximum absolute atomic E-state index is 6.38. The van der Waals surface area contributed by atoms with Crippen molar-refractivity contribution in [2.45, 2.75) is 20.8 Å². The van der Waals surface area contributed by atoms with Crippen LogP contribution in [0.1, 0.15) is 17.0 Å². The molecule has 0 saturated heterocycles. The Bertz CT molecular complexity index is 1130. The number of halogens is 1. The van der Waals surface area contributed by atoms with Crippen molar-refractivity contribution >= 4 is 28.2 Å². The molecule has 0 aliphatic heterocycles. The van der Waals surface area contributed by atoms with Crippen LogP contribution in [0.15, 0.2) is 30.6 Å². The number of aromatic nitrogens is 4. The summed E-state index contributed by atoms with van der Waals surface area (Å²) in [5.74, 6) is 1.48. The number of benzene rings is 1. The minimum absolute atomic E-state index is 0.547. The number of methoxy groups -OCH3 is 1. The van der Waals surface area contributed by atoms with Gasteiger partial charge in [-0.15, -0.1) is 0 Å². The van der Waals surface area contributed by atoms with Crippen LogP contribution in [0.4, 0.5) is 0 Å². The van der Waals surface area contributed by atoms with E-state index in [0.717, 1.165) is 44.9 Å². The van der Waals surface area contributed by atoms with Gasteiger partial charge in [-0.05, 0) is 38.5 Å². The van der Waals surface area contributed by atoms with E-state index in [4.69, 9.17) is 26.3 Å². The first-order valence-electron chi connectivity index (χ1n) is 7.95.